The Balaban J connectivity index is 1.93. The Hall–Kier alpha value is -0.570. The van der Waals surface area contributed by atoms with Crippen molar-refractivity contribution < 1.29 is 9.90 Å². The summed E-state index contributed by atoms with van der Waals surface area (Å²) in [5.74, 6) is 0.865. The number of hydrogen-bond acceptors (Lipinski definition) is 2. The quantitative estimate of drug-likeness (QED) is 0.858. The lowest BCUT2D eigenvalue weighted by atomic mass is 9.67. The number of aliphatic hydroxyl groups excluding tert-OH is 1. The van der Waals surface area contributed by atoms with Crippen LogP contribution in [0.3, 0.4) is 0 Å². The molecule has 1 saturated carbocycles. The van der Waals surface area contributed by atoms with E-state index in [2.05, 4.69) is 18.7 Å². The van der Waals surface area contributed by atoms with Crippen molar-refractivity contribution in [3.8, 4) is 0 Å². The maximum atomic E-state index is 12.6. The minimum atomic E-state index is -0.306. The highest BCUT2D eigenvalue weighted by atomic mass is 16.3. The highest BCUT2D eigenvalue weighted by Crippen LogP contribution is 2.42. The van der Waals surface area contributed by atoms with Gasteiger partial charge in [0.05, 0.1) is 6.10 Å². The highest BCUT2D eigenvalue weighted by molar-refractivity contribution is 5.77. The van der Waals surface area contributed by atoms with Gasteiger partial charge in [-0.2, -0.15) is 0 Å². The average molecular weight is 281 g/mol. The zero-order valence-corrected chi connectivity index (χ0v) is 13.4. The summed E-state index contributed by atoms with van der Waals surface area (Å²) >= 11 is 0. The van der Waals surface area contributed by atoms with Crippen molar-refractivity contribution in [3.63, 3.8) is 0 Å². The summed E-state index contributed by atoms with van der Waals surface area (Å²) in [6.45, 7) is 7.36. The second-order valence-corrected chi connectivity index (χ2v) is 7.60. The van der Waals surface area contributed by atoms with Gasteiger partial charge in [-0.15, -0.1) is 0 Å². The van der Waals surface area contributed by atoms with E-state index in [4.69, 9.17) is 0 Å². The molecule has 1 aliphatic carbocycles. The molecule has 1 aliphatic heterocycles. The first kappa shape index (κ1) is 15.8. The molecule has 3 atom stereocenters. The van der Waals surface area contributed by atoms with Crippen molar-refractivity contribution in [3.05, 3.63) is 0 Å². The van der Waals surface area contributed by atoms with Crippen molar-refractivity contribution in [2.75, 3.05) is 6.54 Å². The Labute approximate surface area is 123 Å². The van der Waals surface area contributed by atoms with Crippen LogP contribution in [0.1, 0.15) is 72.1 Å². The van der Waals surface area contributed by atoms with Crippen LogP contribution < -0.4 is 0 Å². The predicted molar refractivity (Wildman–Crippen MR) is 81.4 cm³/mol. The van der Waals surface area contributed by atoms with Gasteiger partial charge in [0.15, 0.2) is 0 Å². The molecule has 116 valence electrons. The monoisotopic (exact) mass is 281 g/mol. The van der Waals surface area contributed by atoms with Crippen LogP contribution in [0.4, 0.5) is 0 Å². The summed E-state index contributed by atoms with van der Waals surface area (Å²) in [6, 6.07) is 0.272. The van der Waals surface area contributed by atoms with E-state index in [1.165, 1.54) is 25.7 Å². The van der Waals surface area contributed by atoms with Gasteiger partial charge in [-0.1, -0.05) is 26.7 Å². The van der Waals surface area contributed by atoms with Crippen LogP contribution in [0, 0.1) is 11.3 Å². The molecular formula is C17H31NO2. The highest BCUT2D eigenvalue weighted by Gasteiger charge is 2.36. The lowest BCUT2D eigenvalue weighted by Crippen LogP contribution is -2.40. The zero-order valence-electron chi connectivity index (χ0n) is 13.4. The van der Waals surface area contributed by atoms with Gasteiger partial charge in [0, 0.05) is 19.0 Å². The smallest absolute Gasteiger partial charge is 0.223 e. The van der Waals surface area contributed by atoms with Gasteiger partial charge in [0.1, 0.15) is 0 Å². The number of amides is 1. The summed E-state index contributed by atoms with van der Waals surface area (Å²) in [6.07, 6.45) is 8.34. The van der Waals surface area contributed by atoms with Gasteiger partial charge >= 0.3 is 0 Å². The molecular weight excluding hydrogens is 250 g/mol. The second kappa shape index (κ2) is 6.46. The Morgan fingerprint density at radius 1 is 1.30 bits per heavy atom. The number of nitrogens with zero attached hydrogens (tertiary/aromatic N) is 1. The molecule has 1 N–H and O–H groups in total. The third-order valence-corrected chi connectivity index (χ3v) is 5.46. The van der Waals surface area contributed by atoms with E-state index in [9.17, 15) is 9.90 Å². The molecule has 0 bridgehead atoms. The average Bonchev–Trinajstić information content (AvgIpc) is 2.79. The van der Waals surface area contributed by atoms with Crippen LogP contribution in [0.2, 0.25) is 0 Å². The molecule has 1 heterocycles. The number of hydrogen-bond donors (Lipinski definition) is 1. The summed E-state index contributed by atoms with van der Waals surface area (Å²) in [4.78, 5) is 14.7. The van der Waals surface area contributed by atoms with E-state index in [0.717, 1.165) is 25.8 Å². The summed E-state index contributed by atoms with van der Waals surface area (Å²) in [5, 5.41) is 9.58. The Bertz CT molecular complexity index is 338. The maximum absolute atomic E-state index is 12.6. The van der Waals surface area contributed by atoms with Gasteiger partial charge in [0.2, 0.25) is 5.91 Å². The summed E-state index contributed by atoms with van der Waals surface area (Å²) in [7, 11) is 0. The van der Waals surface area contributed by atoms with Gasteiger partial charge in [0.25, 0.3) is 0 Å². The van der Waals surface area contributed by atoms with Gasteiger partial charge < -0.3 is 10.0 Å². The molecule has 0 aromatic carbocycles. The Kier molecular flexibility index (Phi) is 5.11. The van der Waals surface area contributed by atoms with Crippen molar-refractivity contribution in [2.45, 2.75) is 84.3 Å². The van der Waals surface area contributed by atoms with Crippen LogP contribution in [0.25, 0.3) is 0 Å². The summed E-state index contributed by atoms with van der Waals surface area (Å²) < 4.78 is 0. The topological polar surface area (TPSA) is 40.5 Å². The number of carbonyl (C=O) groups is 1. The van der Waals surface area contributed by atoms with E-state index in [0.29, 0.717) is 23.7 Å². The van der Waals surface area contributed by atoms with Gasteiger partial charge in [-0.3, -0.25) is 4.79 Å². The first-order chi connectivity index (χ1) is 9.40. The molecule has 1 amide bonds. The molecule has 0 spiro atoms. The molecule has 3 nitrogen and oxygen atoms in total. The van der Waals surface area contributed by atoms with Crippen molar-refractivity contribution in [1.29, 1.82) is 0 Å². The van der Waals surface area contributed by atoms with Crippen molar-refractivity contribution in [2.24, 2.45) is 11.3 Å². The van der Waals surface area contributed by atoms with Crippen LogP contribution in [-0.2, 0) is 4.79 Å². The first-order valence-corrected chi connectivity index (χ1v) is 8.37. The Morgan fingerprint density at radius 3 is 2.70 bits per heavy atom. The van der Waals surface area contributed by atoms with E-state index in [1.54, 1.807) is 0 Å². The zero-order chi connectivity index (χ0) is 14.8. The van der Waals surface area contributed by atoms with Crippen LogP contribution in [0.5, 0.6) is 0 Å². The molecule has 3 heteroatoms. The standard InChI is InChI=1S/C17H31NO2/c1-13(19)11-15-8-6-10-18(15)16(20)12-14-7-4-5-9-17(14,2)3/h13-15,19H,4-12H2,1-3H3. The fraction of sp³-hybridized carbons (Fsp3) is 0.941. The lowest BCUT2D eigenvalue weighted by Gasteiger charge is -2.39. The van der Waals surface area contributed by atoms with Gasteiger partial charge in [-0.05, 0) is 50.4 Å². The fourth-order valence-electron chi connectivity index (χ4n) is 4.08. The van der Waals surface area contributed by atoms with E-state index >= 15 is 0 Å². The van der Waals surface area contributed by atoms with Crippen LogP contribution in [0.15, 0.2) is 0 Å². The molecule has 0 aromatic heterocycles. The number of aliphatic hydroxyl groups is 1. The summed E-state index contributed by atoms with van der Waals surface area (Å²) in [5.41, 5.74) is 0.313. The molecule has 3 unspecified atom stereocenters. The largest absolute Gasteiger partial charge is 0.393 e. The molecule has 1 saturated heterocycles. The second-order valence-electron chi connectivity index (χ2n) is 7.60. The normalized spacial score (nSPS) is 31.3. The molecule has 20 heavy (non-hydrogen) atoms. The van der Waals surface area contributed by atoms with Crippen LogP contribution in [-0.4, -0.2) is 34.6 Å². The minimum absolute atomic E-state index is 0.272. The molecule has 0 aromatic rings. The van der Waals surface area contributed by atoms with E-state index in [-0.39, 0.29) is 12.1 Å². The van der Waals surface area contributed by atoms with Gasteiger partial charge in [-0.25, -0.2) is 0 Å². The predicted octanol–water partition coefficient (Wildman–Crippen LogP) is 3.35. The Morgan fingerprint density at radius 2 is 2.05 bits per heavy atom. The molecule has 0 radical (unpaired) electrons. The molecule has 2 fully saturated rings. The molecule has 2 aliphatic rings. The number of rotatable bonds is 4. The number of likely N-dealkylation sites (tertiary alicyclic amines) is 1. The minimum Gasteiger partial charge on any atom is -0.393 e. The van der Waals surface area contributed by atoms with Crippen molar-refractivity contribution >= 4 is 5.91 Å². The van der Waals surface area contributed by atoms with Crippen molar-refractivity contribution in [1.82, 2.24) is 4.90 Å². The molecule has 2 rings (SSSR count). The third-order valence-electron chi connectivity index (χ3n) is 5.46. The van der Waals surface area contributed by atoms with Crippen LogP contribution >= 0.6 is 0 Å². The SMILES string of the molecule is CC(O)CC1CCCN1C(=O)CC1CCCCC1(C)C. The van der Waals surface area contributed by atoms with E-state index in [1.807, 2.05) is 6.92 Å². The number of carbonyl (C=O) groups excluding carboxylic acids is 1. The first-order valence-electron chi connectivity index (χ1n) is 8.37. The van der Waals surface area contributed by atoms with E-state index < -0.39 is 0 Å². The maximum Gasteiger partial charge on any atom is 0.223 e. The lowest BCUT2D eigenvalue weighted by molar-refractivity contribution is -0.134. The third kappa shape index (κ3) is 3.75. The fourth-order valence-corrected chi connectivity index (χ4v) is 4.08.